The van der Waals surface area contributed by atoms with Crippen molar-refractivity contribution in [3.05, 3.63) is 77.9 Å². The number of carbonyl (C=O) groups is 1. The van der Waals surface area contributed by atoms with Crippen LogP contribution in [0.4, 0.5) is 14.5 Å². The van der Waals surface area contributed by atoms with E-state index in [1.165, 1.54) is 6.07 Å². The fourth-order valence-electron chi connectivity index (χ4n) is 2.78. The van der Waals surface area contributed by atoms with Crippen LogP contribution in [0.25, 0.3) is 22.6 Å². The molecule has 4 rings (SSSR count). The van der Waals surface area contributed by atoms with Gasteiger partial charge in [-0.05, 0) is 42.5 Å². The minimum Gasteiger partial charge on any atom is -0.496 e. The van der Waals surface area contributed by atoms with E-state index in [1.807, 2.05) is 18.2 Å². The van der Waals surface area contributed by atoms with E-state index in [2.05, 4.69) is 10.3 Å². The van der Waals surface area contributed by atoms with E-state index in [4.69, 9.17) is 9.15 Å². The Morgan fingerprint density at radius 2 is 1.86 bits per heavy atom. The number of nitrogens with zero attached hydrogens (tertiary/aromatic N) is 1. The highest BCUT2D eigenvalue weighted by Crippen LogP contribution is 2.32. The van der Waals surface area contributed by atoms with Crippen molar-refractivity contribution in [1.82, 2.24) is 4.98 Å². The van der Waals surface area contributed by atoms with Gasteiger partial charge >= 0.3 is 0 Å². The fourth-order valence-corrected chi connectivity index (χ4v) is 2.78. The summed E-state index contributed by atoms with van der Waals surface area (Å²) in [6.45, 7) is 0. The zero-order chi connectivity index (χ0) is 19.7. The summed E-state index contributed by atoms with van der Waals surface area (Å²) in [6, 6.07) is 15.2. The van der Waals surface area contributed by atoms with Crippen LogP contribution in [0.1, 0.15) is 10.4 Å². The first-order chi connectivity index (χ1) is 13.5. The number of anilines is 1. The SMILES string of the molecule is COc1ccccc1-c1nc2ccc(NC(=O)c3ccc(F)c(F)c3)cc2o1. The number of methoxy groups -OCH3 is 1. The third-order valence-electron chi connectivity index (χ3n) is 4.17. The molecule has 0 spiro atoms. The first-order valence-corrected chi connectivity index (χ1v) is 8.35. The number of oxazole rings is 1. The number of nitrogens with one attached hydrogen (secondary N) is 1. The molecule has 1 heterocycles. The highest BCUT2D eigenvalue weighted by atomic mass is 19.2. The largest absolute Gasteiger partial charge is 0.496 e. The van der Waals surface area contributed by atoms with E-state index in [0.717, 1.165) is 12.1 Å². The lowest BCUT2D eigenvalue weighted by Gasteiger charge is -2.05. The number of carbonyl (C=O) groups excluding carboxylic acids is 1. The summed E-state index contributed by atoms with van der Waals surface area (Å²) in [5, 5.41) is 2.63. The lowest BCUT2D eigenvalue weighted by Crippen LogP contribution is -2.12. The van der Waals surface area contributed by atoms with Gasteiger partial charge < -0.3 is 14.5 Å². The van der Waals surface area contributed by atoms with Gasteiger partial charge in [0.1, 0.15) is 11.3 Å². The lowest BCUT2D eigenvalue weighted by molar-refractivity contribution is 0.102. The fraction of sp³-hybridized carbons (Fsp3) is 0.0476. The molecule has 0 unspecified atom stereocenters. The molecule has 28 heavy (non-hydrogen) atoms. The molecule has 1 aromatic heterocycles. The maximum Gasteiger partial charge on any atom is 0.255 e. The molecule has 0 atom stereocenters. The van der Waals surface area contributed by atoms with Crippen LogP contribution < -0.4 is 10.1 Å². The van der Waals surface area contributed by atoms with Gasteiger partial charge in [-0.1, -0.05) is 12.1 Å². The average molecular weight is 380 g/mol. The summed E-state index contributed by atoms with van der Waals surface area (Å²) < 4.78 is 37.5. The maximum atomic E-state index is 13.3. The topological polar surface area (TPSA) is 64.4 Å². The number of ether oxygens (including phenoxy) is 1. The van der Waals surface area contributed by atoms with Gasteiger partial charge in [0, 0.05) is 17.3 Å². The van der Waals surface area contributed by atoms with Crippen molar-refractivity contribution in [3.8, 4) is 17.2 Å². The quantitative estimate of drug-likeness (QED) is 0.539. The molecule has 0 saturated carbocycles. The molecular formula is C21H14F2N2O3. The summed E-state index contributed by atoms with van der Waals surface area (Å²) in [5.41, 5.74) is 2.21. The van der Waals surface area contributed by atoms with Gasteiger partial charge in [0.25, 0.3) is 5.91 Å². The Kier molecular flexibility index (Phi) is 4.49. The molecule has 1 amide bonds. The second-order valence-electron chi connectivity index (χ2n) is 5.98. The molecule has 0 fully saturated rings. The van der Waals surface area contributed by atoms with Crippen molar-refractivity contribution >= 4 is 22.7 Å². The number of benzene rings is 3. The Balaban J connectivity index is 1.63. The normalized spacial score (nSPS) is 10.8. The molecule has 5 nitrogen and oxygen atoms in total. The zero-order valence-electron chi connectivity index (χ0n) is 14.7. The molecule has 1 N–H and O–H groups in total. The van der Waals surface area contributed by atoms with E-state index < -0.39 is 17.5 Å². The minimum atomic E-state index is -1.08. The number of hydrogen-bond acceptors (Lipinski definition) is 4. The predicted molar refractivity (Wildman–Crippen MR) is 100 cm³/mol. The van der Waals surface area contributed by atoms with Gasteiger partial charge in [0.05, 0.1) is 12.7 Å². The van der Waals surface area contributed by atoms with Gasteiger partial charge in [-0.15, -0.1) is 0 Å². The van der Waals surface area contributed by atoms with Crippen LogP contribution in [0.15, 0.2) is 65.1 Å². The van der Waals surface area contributed by atoms with Crippen LogP contribution in [0.3, 0.4) is 0 Å². The highest BCUT2D eigenvalue weighted by molar-refractivity contribution is 6.04. The minimum absolute atomic E-state index is 0.00581. The molecule has 0 radical (unpaired) electrons. The van der Waals surface area contributed by atoms with Crippen molar-refractivity contribution in [2.45, 2.75) is 0 Å². The van der Waals surface area contributed by atoms with Gasteiger partial charge in [0.2, 0.25) is 5.89 Å². The Labute approximate surface area is 158 Å². The van der Waals surface area contributed by atoms with Crippen LogP contribution in [0.5, 0.6) is 5.75 Å². The van der Waals surface area contributed by atoms with Crippen molar-refractivity contribution in [2.24, 2.45) is 0 Å². The monoisotopic (exact) mass is 380 g/mol. The number of halogens is 2. The highest BCUT2D eigenvalue weighted by Gasteiger charge is 2.14. The molecule has 0 bridgehead atoms. The van der Waals surface area contributed by atoms with Crippen molar-refractivity contribution < 1.29 is 22.7 Å². The maximum absolute atomic E-state index is 13.3. The molecule has 0 aliphatic rings. The molecule has 4 aromatic rings. The lowest BCUT2D eigenvalue weighted by atomic mass is 10.2. The summed E-state index contributed by atoms with van der Waals surface area (Å²) in [6.07, 6.45) is 0. The number of para-hydroxylation sites is 1. The van der Waals surface area contributed by atoms with Crippen LogP contribution >= 0.6 is 0 Å². The van der Waals surface area contributed by atoms with Crippen LogP contribution in [0, 0.1) is 11.6 Å². The van der Waals surface area contributed by atoms with Gasteiger partial charge in [-0.3, -0.25) is 4.79 Å². The Morgan fingerprint density at radius 1 is 1.04 bits per heavy atom. The summed E-state index contributed by atoms with van der Waals surface area (Å²) in [4.78, 5) is 16.7. The first-order valence-electron chi connectivity index (χ1n) is 8.35. The van der Waals surface area contributed by atoms with Crippen molar-refractivity contribution in [2.75, 3.05) is 12.4 Å². The molecule has 0 aliphatic heterocycles. The van der Waals surface area contributed by atoms with E-state index in [0.29, 0.717) is 34.0 Å². The van der Waals surface area contributed by atoms with Crippen molar-refractivity contribution in [1.29, 1.82) is 0 Å². The number of fused-ring (bicyclic) bond motifs is 1. The first kappa shape index (κ1) is 17.7. The second kappa shape index (κ2) is 7.11. The molecule has 3 aromatic carbocycles. The summed E-state index contributed by atoms with van der Waals surface area (Å²) in [7, 11) is 1.56. The average Bonchev–Trinajstić information content (AvgIpc) is 3.13. The molecular weight excluding hydrogens is 366 g/mol. The smallest absolute Gasteiger partial charge is 0.255 e. The van der Waals surface area contributed by atoms with Crippen LogP contribution in [-0.2, 0) is 0 Å². The van der Waals surface area contributed by atoms with Crippen LogP contribution in [0.2, 0.25) is 0 Å². The Bertz CT molecular complexity index is 1190. The predicted octanol–water partition coefficient (Wildman–Crippen LogP) is 5.03. The van der Waals surface area contributed by atoms with E-state index in [-0.39, 0.29) is 5.56 Å². The third kappa shape index (κ3) is 3.29. The molecule has 140 valence electrons. The number of aromatic nitrogens is 1. The molecule has 7 heteroatoms. The summed E-state index contributed by atoms with van der Waals surface area (Å²) in [5.74, 6) is -1.65. The third-order valence-corrected chi connectivity index (χ3v) is 4.17. The zero-order valence-corrected chi connectivity index (χ0v) is 14.7. The number of rotatable bonds is 4. The second-order valence-corrected chi connectivity index (χ2v) is 5.98. The van der Waals surface area contributed by atoms with Crippen molar-refractivity contribution in [3.63, 3.8) is 0 Å². The standard InChI is InChI=1S/C21H14F2N2O3/c1-27-18-5-3-2-4-14(18)21-25-17-9-7-13(11-19(17)28-21)24-20(26)12-6-8-15(22)16(23)10-12/h2-11H,1H3,(H,24,26). The Hall–Kier alpha value is -3.74. The van der Waals surface area contributed by atoms with Gasteiger partial charge in [0.15, 0.2) is 17.2 Å². The summed E-state index contributed by atoms with van der Waals surface area (Å²) >= 11 is 0. The Morgan fingerprint density at radius 3 is 2.64 bits per heavy atom. The van der Waals surface area contributed by atoms with E-state index >= 15 is 0 Å². The van der Waals surface area contributed by atoms with Crippen LogP contribution in [-0.4, -0.2) is 18.0 Å². The number of amides is 1. The van der Waals surface area contributed by atoms with E-state index in [1.54, 1.807) is 31.4 Å². The molecule has 0 saturated heterocycles. The van der Waals surface area contributed by atoms with Gasteiger partial charge in [-0.25, -0.2) is 13.8 Å². The van der Waals surface area contributed by atoms with Gasteiger partial charge in [-0.2, -0.15) is 0 Å². The number of hydrogen-bond donors (Lipinski definition) is 1. The van der Waals surface area contributed by atoms with E-state index in [9.17, 15) is 13.6 Å². The molecule has 0 aliphatic carbocycles.